The minimum atomic E-state index is -0.175. The van der Waals surface area contributed by atoms with Crippen LogP contribution in [0.25, 0.3) is 0 Å². The fourth-order valence-corrected chi connectivity index (χ4v) is 3.14. The van der Waals surface area contributed by atoms with Crippen LogP contribution >= 0.6 is 24.0 Å². The number of carbonyl (C=O) groups is 1. The Morgan fingerprint density at radius 1 is 1.22 bits per heavy atom. The second kappa shape index (κ2) is 12.8. The molecule has 0 spiro atoms. The summed E-state index contributed by atoms with van der Waals surface area (Å²) in [5.41, 5.74) is 0.468. The maximum absolute atomic E-state index is 12.0. The standard InChI is InChI=1S/C20H32N4O2.HI/c1-3-21-20(24-17-10-8-15(2)9-11-17)23-13-5-12-22-19(26)16-6-4-7-18(25)14-16;/h4,6-7,14-15,17,25H,3,5,8-13H2,1-2H3,(H,22,26)(H2,21,23,24);1H. The fourth-order valence-electron chi connectivity index (χ4n) is 3.14. The zero-order chi connectivity index (χ0) is 18.8. The summed E-state index contributed by atoms with van der Waals surface area (Å²) >= 11 is 0. The minimum Gasteiger partial charge on any atom is -0.508 e. The molecule has 2 rings (SSSR count). The maximum Gasteiger partial charge on any atom is 0.251 e. The average molecular weight is 488 g/mol. The van der Waals surface area contributed by atoms with Crippen LogP contribution in [0.3, 0.4) is 0 Å². The lowest BCUT2D eigenvalue weighted by molar-refractivity contribution is 0.0953. The number of halogens is 1. The van der Waals surface area contributed by atoms with Gasteiger partial charge in [0.05, 0.1) is 0 Å². The lowest BCUT2D eigenvalue weighted by Crippen LogP contribution is -2.44. The highest BCUT2D eigenvalue weighted by atomic mass is 127. The van der Waals surface area contributed by atoms with Crippen molar-refractivity contribution in [3.8, 4) is 5.75 Å². The first kappa shape index (κ1) is 23.5. The molecule has 1 aromatic rings. The molecule has 4 N–H and O–H groups in total. The van der Waals surface area contributed by atoms with E-state index in [1.807, 2.05) is 0 Å². The van der Waals surface area contributed by atoms with Crippen molar-refractivity contribution < 1.29 is 9.90 Å². The van der Waals surface area contributed by atoms with E-state index in [1.54, 1.807) is 18.2 Å². The number of hydrogen-bond donors (Lipinski definition) is 4. The van der Waals surface area contributed by atoms with E-state index >= 15 is 0 Å². The predicted octanol–water partition coefficient (Wildman–Crippen LogP) is 3.26. The van der Waals surface area contributed by atoms with Crippen molar-refractivity contribution in [1.29, 1.82) is 0 Å². The third-order valence-corrected chi connectivity index (χ3v) is 4.70. The molecule has 1 aromatic carbocycles. The molecule has 1 aliphatic rings. The number of nitrogens with one attached hydrogen (secondary N) is 3. The molecular formula is C20H33IN4O2. The van der Waals surface area contributed by atoms with Gasteiger partial charge in [0.25, 0.3) is 5.91 Å². The highest BCUT2D eigenvalue weighted by Crippen LogP contribution is 2.23. The Labute approximate surface area is 179 Å². The van der Waals surface area contributed by atoms with Crippen LogP contribution in [-0.4, -0.2) is 42.6 Å². The van der Waals surface area contributed by atoms with Gasteiger partial charge in [-0.2, -0.15) is 0 Å². The van der Waals surface area contributed by atoms with Crippen LogP contribution < -0.4 is 16.0 Å². The van der Waals surface area contributed by atoms with Crippen molar-refractivity contribution in [1.82, 2.24) is 16.0 Å². The van der Waals surface area contributed by atoms with Gasteiger partial charge < -0.3 is 21.1 Å². The number of aliphatic imine (C=N–C) groups is 1. The number of aromatic hydroxyl groups is 1. The molecule has 1 aliphatic carbocycles. The molecule has 0 radical (unpaired) electrons. The number of benzene rings is 1. The quantitative estimate of drug-likeness (QED) is 0.206. The molecular weight excluding hydrogens is 455 g/mol. The molecule has 152 valence electrons. The third-order valence-electron chi connectivity index (χ3n) is 4.70. The molecule has 0 heterocycles. The Bertz CT molecular complexity index is 601. The molecule has 0 unspecified atom stereocenters. The monoisotopic (exact) mass is 488 g/mol. The van der Waals surface area contributed by atoms with Gasteiger partial charge in [-0.05, 0) is 63.1 Å². The Morgan fingerprint density at radius 2 is 1.96 bits per heavy atom. The highest BCUT2D eigenvalue weighted by molar-refractivity contribution is 14.0. The largest absolute Gasteiger partial charge is 0.508 e. The summed E-state index contributed by atoms with van der Waals surface area (Å²) in [6.45, 7) is 6.43. The van der Waals surface area contributed by atoms with E-state index in [1.165, 1.54) is 31.7 Å². The second-order valence-corrected chi connectivity index (χ2v) is 7.02. The average Bonchev–Trinajstić information content (AvgIpc) is 2.63. The van der Waals surface area contributed by atoms with Crippen molar-refractivity contribution in [2.24, 2.45) is 10.9 Å². The molecule has 0 aliphatic heterocycles. The van der Waals surface area contributed by atoms with E-state index in [0.717, 1.165) is 24.8 Å². The van der Waals surface area contributed by atoms with Gasteiger partial charge in [0.15, 0.2) is 5.96 Å². The van der Waals surface area contributed by atoms with E-state index < -0.39 is 0 Å². The van der Waals surface area contributed by atoms with Crippen LogP contribution in [-0.2, 0) is 0 Å². The van der Waals surface area contributed by atoms with Crippen LogP contribution in [0.2, 0.25) is 0 Å². The molecule has 1 fully saturated rings. The van der Waals surface area contributed by atoms with Crippen molar-refractivity contribution >= 4 is 35.8 Å². The highest BCUT2D eigenvalue weighted by Gasteiger charge is 2.18. The summed E-state index contributed by atoms with van der Waals surface area (Å²) in [7, 11) is 0. The third kappa shape index (κ3) is 8.81. The van der Waals surface area contributed by atoms with E-state index in [0.29, 0.717) is 24.7 Å². The summed E-state index contributed by atoms with van der Waals surface area (Å²) in [5, 5.41) is 19.1. The summed E-state index contributed by atoms with van der Waals surface area (Å²) < 4.78 is 0. The zero-order valence-corrected chi connectivity index (χ0v) is 18.7. The van der Waals surface area contributed by atoms with Crippen molar-refractivity contribution in [2.75, 3.05) is 19.6 Å². The SMILES string of the molecule is CCNC(=NCCCNC(=O)c1cccc(O)c1)NC1CCC(C)CC1.I. The Hall–Kier alpha value is -1.51. The smallest absolute Gasteiger partial charge is 0.251 e. The summed E-state index contributed by atoms with van der Waals surface area (Å²) in [4.78, 5) is 16.6. The molecule has 0 saturated heterocycles. The number of phenolic OH excluding ortho intramolecular Hbond substituents is 1. The first-order valence-corrected chi connectivity index (χ1v) is 9.70. The molecule has 0 aromatic heterocycles. The molecule has 6 nitrogen and oxygen atoms in total. The van der Waals surface area contributed by atoms with Gasteiger partial charge >= 0.3 is 0 Å². The predicted molar refractivity (Wildman–Crippen MR) is 121 cm³/mol. The summed E-state index contributed by atoms with van der Waals surface area (Å²) in [6.07, 6.45) is 5.72. The van der Waals surface area contributed by atoms with Crippen LogP contribution in [0.15, 0.2) is 29.3 Å². The van der Waals surface area contributed by atoms with Crippen LogP contribution in [0, 0.1) is 5.92 Å². The summed E-state index contributed by atoms with van der Waals surface area (Å²) in [6, 6.07) is 6.87. The van der Waals surface area contributed by atoms with Gasteiger partial charge in [0, 0.05) is 31.2 Å². The van der Waals surface area contributed by atoms with Crippen molar-refractivity contribution in [3.63, 3.8) is 0 Å². The van der Waals surface area contributed by atoms with E-state index in [2.05, 4.69) is 34.8 Å². The van der Waals surface area contributed by atoms with Crippen LogP contribution in [0.4, 0.5) is 0 Å². The maximum atomic E-state index is 12.0. The number of phenols is 1. The number of hydrogen-bond acceptors (Lipinski definition) is 3. The second-order valence-electron chi connectivity index (χ2n) is 7.02. The van der Waals surface area contributed by atoms with Gasteiger partial charge in [0.1, 0.15) is 5.75 Å². The van der Waals surface area contributed by atoms with E-state index in [-0.39, 0.29) is 35.6 Å². The van der Waals surface area contributed by atoms with Crippen molar-refractivity contribution in [3.05, 3.63) is 29.8 Å². The van der Waals surface area contributed by atoms with Crippen LogP contribution in [0.5, 0.6) is 5.75 Å². The zero-order valence-electron chi connectivity index (χ0n) is 16.3. The Kier molecular flexibility index (Phi) is 11.2. The first-order chi connectivity index (χ1) is 12.6. The van der Waals surface area contributed by atoms with Gasteiger partial charge in [-0.25, -0.2) is 0 Å². The minimum absolute atomic E-state index is 0. The first-order valence-electron chi connectivity index (χ1n) is 9.70. The van der Waals surface area contributed by atoms with Gasteiger partial charge in [-0.15, -0.1) is 24.0 Å². The number of carbonyl (C=O) groups excluding carboxylic acids is 1. The number of rotatable bonds is 7. The van der Waals surface area contributed by atoms with Crippen molar-refractivity contribution in [2.45, 2.75) is 52.0 Å². The normalized spacial score (nSPS) is 19.7. The topological polar surface area (TPSA) is 85.8 Å². The molecule has 0 bridgehead atoms. The summed E-state index contributed by atoms with van der Waals surface area (Å²) in [5.74, 6) is 1.63. The fraction of sp³-hybridized carbons (Fsp3) is 0.600. The molecule has 0 atom stereocenters. The number of guanidine groups is 1. The van der Waals surface area contributed by atoms with E-state index in [4.69, 9.17) is 0 Å². The van der Waals surface area contributed by atoms with Gasteiger partial charge in [-0.1, -0.05) is 13.0 Å². The Balaban J connectivity index is 0.00000364. The molecule has 7 heteroatoms. The molecule has 1 saturated carbocycles. The lowest BCUT2D eigenvalue weighted by Gasteiger charge is -2.28. The molecule has 1 amide bonds. The lowest BCUT2D eigenvalue weighted by atomic mass is 9.87. The van der Waals surface area contributed by atoms with Crippen LogP contribution in [0.1, 0.15) is 56.3 Å². The van der Waals surface area contributed by atoms with E-state index in [9.17, 15) is 9.90 Å². The van der Waals surface area contributed by atoms with Gasteiger partial charge in [-0.3, -0.25) is 9.79 Å². The molecule has 27 heavy (non-hydrogen) atoms. The van der Waals surface area contributed by atoms with Gasteiger partial charge in [0.2, 0.25) is 0 Å². The Morgan fingerprint density at radius 3 is 2.63 bits per heavy atom. The number of nitrogens with zero attached hydrogens (tertiary/aromatic N) is 1. The number of amides is 1.